The molecular formula is C10H13F3N4O. The first-order valence-electron chi connectivity index (χ1n) is 5.51. The number of aliphatic hydroxyl groups is 1. The molecule has 1 aromatic heterocycles. The largest absolute Gasteiger partial charge is 0.451 e. The van der Waals surface area contributed by atoms with Crippen molar-refractivity contribution in [3.63, 3.8) is 0 Å². The molecule has 0 aliphatic carbocycles. The average molecular weight is 262 g/mol. The molecule has 18 heavy (non-hydrogen) atoms. The molecule has 2 rings (SSSR count). The summed E-state index contributed by atoms with van der Waals surface area (Å²) in [6, 6.07) is 1.31. The molecule has 0 spiro atoms. The predicted octanol–water partition coefficient (Wildman–Crippen LogP) is 1.04. The Balaban J connectivity index is 2.25. The molecule has 1 aromatic rings. The summed E-state index contributed by atoms with van der Waals surface area (Å²) in [6.07, 6.45) is -4.00. The molecule has 1 fully saturated rings. The van der Waals surface area contributed by atoms with Gasteiger partial charge in [0.05, 0.1) is 6.10 Å². The van der Waals surface area contributed by atoms with Crippen molar-refractivity contribution in [1.29, 1.82) is 0 Å². The van der Waals surface area contributed by atoms with Gasteiger partial charge in [0.1, 0.15) is 11.6 Å². The smallest absolute Gasteiger partial charge is 0.393 e. The Morgan fingerprint density at radius 1 is 1.28 bits per heavy atom. The van der Waals surface area contributed by atoms with Gasteiger partial charge >= 0.3 is 6.18 Å². The first kappa shape index (κ1) is 12.9. The Morgan fingerprint density at radius 2 is 1.89 bits per heavy atom. The highest BCUT2D eigenvalue weighted by atomic mass is 19.4. The van der Waals surface area contributed by atoms with Gasteiger partial charge in [0.2, 0.25) is 5.82 Å². The van der Waals surface area contributed by atoms with Crippen molar-refractivity contribution in [2.45, 2.75) is 25.1 Å². The van der Waals surface area contributed by atoms with Gasteiger partial charge in [-0.05, 0) is 12.8 Å². The van der Waals surface area contributed by atoms with Gasteiger partial charge in [0.15, 0.2) is 0 Å². The number of nitrogens with zero attached hydrogens (tertiary/aromatic N) is 3. The van der Waals surface area contributed by atoms with Crippen molar-refractivity contribution in [3.8, 4) is 0 Å². The molecule has 2 heterocycles. The van der Waals surface area contributed by atoms with E-state index in [-0.39, 0.29) is 11.6 Å². The van der Waals surface area contributed by atoms with E-state index in [1.807, 2.05) is 0 Å². The van der Waals surface area contributed by atoms with E-state index in [0.29, 0.717) is 25.9 Å². The number of alkyl halides is 3. The maximum absolute atomic E-state index is 12.5. The van der Waals surface area contributed by atoms with Gasteiger partial charge in [-0.25, -0.2) is 9.97 Å². The molecule has 0 atom stereocenters. The summed E-state index contributed by atoms with van der Waals surface area (Å²) in [4.78, 5) is 8.33. The zero-order valence-electron chi connectivity index (χ0n) is 9.48. The van der Waals surface area contributed by atoms with Crippen molar-refractivity contribution in [2.24, 2.45) is 0 Å². The van der Waals surface area contributed by atoms with Gasteiger partial charge in [0.25, 0.3) is 0 Å². The molecule has 1 aliphatic heterocycles. The van der Waals surface area contributed by atoms with Crippen LogP contribution in [0.15, 0.2) is 6.07 Å². The van der Waals surface area contributed by atoms with E-state index >= 15 is 0 Å². The van der Waals surface area contributed by atoms with Crippen LogP contribution >= 0.6 is 0 Å². The molecule has 1 saturated heterocycles. The summed E-state index contributed by atoms with van der Waals surface area (Å²) in [7, 11) is 0. The molecule has 0 amide bonds. The first-order chi connectivity index (χ1) is 8.36. The molecule has 8 heteroatoms. The molecule has 0 bridgehead atoms. The maximum Gasteiger partial charge on any atom is 0.451 e. The molecule has 3 N–H and O–H groups in total. The zero-order valence-corrected chi connectivity index (χ0v) is 9.48. The van der Waals surface area contributed by atoms with Crippen molar-refractivity contribution in [2.75, 3.05) is 23.7 Å². The number of aromatic nitrogens is 2. The van der Waals surface area contributed by atoms with Crippen molar-refractivity contribution >= 4 is 11.6 Å². The standard InChI is InChI=1S/C10H13F3N4O/c11-10(12,13)9-15-7(14)5-8(16-9)17-3-1-6(18)2-4-17/h5-6,18H,1-4H2,(H2,14,15,16). The van der Waals surface area contributed by atoms with Crippen LogP contribution in [0.25, 0.3) is 0 Å². The highest BCUT2D eigenvalue weighted by molar-refractivity contribution is 5.47. The Labute approximate surface area is 101 Å². The molecule has 0 unspecified atom stereocenters. The Hall–Kier alpha value is -1.57. The number of rotatable bonds is 1. The lowest BCUT2D eigenvalue weighted by atomic mass is 10.1. The quantitative estimate of drug-likeness (QED) is 0.791. The monoisotopic (exact) mass is 262 g/mol. The van der Waals surface area contributed by atoms with Crippen LogP contribution in [0.2, 0.25) is 0 Å². The fourth-order valence-electron chi connectivity index (χ4n) is 1.84. The third kappa shape index (κ3) is 2.81. The first-order valence-corrected chi connectivity index (χ1v) is 5.51. The normalized spacial score (nSPS) is 18.1. The maximum atomic E-state index is 12.5. The Morgan fingerprint density at radius 3 is 2.44 bits per heavy atom. The van der Waals surface area contributed by atoms with Gasteiger partial charge in [-0.1, -0.05) is 0 Å². The number of halogens is 3. The molecule has 1 aliphatic rings. The van der Waals surface area contributed by atoms with Crippen LogP contribution in [0.4, 0.5) is 24.8 Å². The van der Waals surface area contributed by atoms with Crippen molar-refractivity contribution < 1.29 is 18.3 Å². The third-order valence-electron chi connectivity index (χ3n) is 2.77. The van der Waals surface area contributed by atoms with Gasteiger partial charge in [-0.15, -0.1) is 0 Å². The predicted molar refractivity (Wildman–Crippen MR) is 58.9 cm³/mol. The fraction of sp³-hybridized carbons (Fsp3) is 0.600. The topological polar surface area (TPSA) is 75.3 Å². The SMILES string of the molecule is Nc1cc(N2CCC(O)CC2)nc(C(F)(F)F)n1. The number of hydrogen-bond acceptors (Lipinski definition) is 5. The highest BCUT2D eigenvalue weighted by Crippen LogP contribution is 2.29. The van der Waals surface area contributed by atoms with Crippen LogP contribution in [-0.2, 0) is 6.18 Å². The van der Waals surface area contributed by atoms with Crippen LogP contribution < -0.4 is 10.6 Å². The summed E-state index contributed by atoms with van der Waals surface area (Å²) < 4.78 is 37.6. The van der Waals surface area contributed by atoms with Crippen molar-refractivity contribution in [3.05, 3.63) is 11.9 Å². The number of aliphatic hydroxyl groups excluding tert-OH is 1. The van der Waals surface area contributed by atoms with E-state index in [0.717, 1.165) is 0 Å². The minimum absolute atomic E-state index is 0.154. The van der Waals surface area contributed by atoms with Crippen LogP contribution in [0.3, 0.4) is 0 Å². The van der Waals surface area contributed by atoms with Gasteiger partial charge in [-0.3, -0.25) is 0 Å². The second kappa shape index (κ2) is 4.60. The van der Waals surface area contributed by atoms with E-state index in [9.17, 15) is 18.3 Å². The van der Waals surface area contributed by atoms with E-state index in [2.05, 4.69) is 9.97 Å². The number of nitrogen functional groups attached to an aromatic ring is 1. The van der Waals surface area contributed by atoms with Gasteiger partial charge < -0.3 is 15.7 Å². The molecule has 5 nitrogen and oxygen atoms in total. The fourth-order valence-corrected chi connectivity index (χ4v) is 1.84. The third-order valence-corrected chi connectivity index (χ3v) is 2.77. The lowest BCUT2D eigenvalue weighted by molar-refractivity contribution is -0.144. The number of piperidine rings is 1. The minimum Gasteiger partial charge on any atom is -0.393 e. The number of nitrogens with two attached hydrogens (primary N) is 1. The second-order valence-electron chi connectivity index (χ2n) is 4.19. The van der Waals surface area contributed by atoms with Crippen LogP contribution in [0, 0.1) is 0 Å². The van der Waals surface area contributed by atoms with Gasteiger partial charge in [-0.2, -0.15) is 13.2 Å². The molecule has 0 saturated carbocycles. The molecule has 0 radical (unpaired) electrons. The second-order valence-corrected chi connectivity index (χ2v) is 4.19. The van der Waals surface area contributed by atoms with E-state index in [4.69, 9.17) is 5.73 Å². The van der Waals surface area contributed by atoms with Crippen LogP contribution in [0.5, 0.6) is 0 Å². The zero-order chi connectivity index (χ0) is 13.3. The number of anilines is 2. The summed E-state index contributed by atoms with van der Waals surface area (Å²) >= 11 is 0. The summed E-state index contributed by atoms with van der Waals surface area (Å²) in [5, 5.41) is 9.35. The average Bonchev–Trinajstić information content (AvgIpc) is 2.28. The van der Waals surface area contributed by atoms with Gasteiger partial charge in [0, 0.05) is 19.2 Å². The molecule has 0 aromatic carbocycles. The van der Waals surface area contributed by atoms with Crippen LogP contribution in [-0.4, -0.2) is 34.3 Å². The Kier molecular flexibility index (Phi) is 3.29. The minimum atomic E-state index is -4.61. The van der Waals surface area contributed by atoms with Crippen molar-refractivity contribution in [1.82, 2.24) is 9.97 Å². The lowest BCUT2D eigenvalue weighted by Gasteiger charge is -2.30. The summed E-state index contributed by atoms with van der Waals surface area (Å²) in [5.41, 5.74) is 5.36. The Bertz CT molecular complexity index is 430. The summed E-state index contributed by atoms with van der Waals surface area (Å²) in [6.45, 7) is 0.907. The van der Waals surface area contributed by atoms with E-state index in [1.165, 1.54) is 6.07 Å². The van der Waals surface area contributed by atoms with Crippen LogP contribution in [0.1, 0.15) is 18.7 Å². The number of hydrogen-bond donors (Lipinski definition) is 2. The van der Waals surface area contributed by atoms with E-state index in [1.54, 1.807) is 4.90 Å². The molecule has 100 valence electrons. The molecular weight excluding hydrogens is 249 g/mol. The summed E-state index contributed by atoms with van der Waals surface area (Å²) in [5.74, 6) is -1.29. The lowest BCUT2D eigenvalue weighted by Crippen LogP contribution is -2.36. The highest BCUT2D eigenvalue weighted by Gasteiger charge is 2.36. The van der Waals surface area contributed by atoms with E-state index < -0.39 is 18.1 Å².